The van der Waals surface area contributed by atoms with Crippen LogP contribution in [0.1, 0.15) is 41.5 Å². The topological polar surface area (TPSA) is 32.3 Å². The van der Waals surface area contributed by atoms with Gasteiger partial charge in [0.25, 0.3) is 0 Å². The van der Waals surface area contributed by atoms with Crippen molar-refractivity contribution >= 4 is 17.2 Å². The van der Waals surface area contributed by atoms with E-state index >= 15 is 0 Å². The van der Waals surface area contributed by atoms with Crippen molar-refractivity contribution in [1.29, 1.82) is 0 Å². The van der Waals surface area contributed by atoms with Crippen LogP contribution >= 0.6 is 11.3 Å². The SMILES string of the molecule is Cc1ccc(C2c3ccsc3CCN2C(=O)CNCC(C)C)cc1. The smallest absolute Gasteiger partial charge is 0.237 e. The Morgan fingerprint density at radius 3 is 2.75 bits per heavy atom. The molecule has 2 heterocycles. The molecule has 1 aliphatic rings. The number of rotatable bonds is 5. The van der Waals surface area contributed by atoms with Gasteiger partial charge in [0.15, 0.2) is 0 Å². The molecule has 3 rings (SSSR count). The molecule has 3 nitrogen and oxygen atoms in total. The third-order valence-electron chi connectivity index (χ3n) is 4.51. The molecule has 0 saturated heterocycles. The number of nitrogens with one attached hydrogen (secondary N) is 1. The first-order valence-electron chi connectivity index (χ1n) is 8.69. The van der Waals surface area contributed by atoms with E-state index < -0.39 is 0 Å². The summed E-state index contributed by atoms with van der Waals surface area (Å²) in [5.74, 6) is 0.744. The summed E-state index contributed by atoms with van der Waals surface area (Å²) in [7, 11) is 0. The second-order valence-corrected chi connectivity index (χ2v) is 7.97. The fraction of sp³-hybridized carbons (Fsp3) is 0.450. The standard InChI is InChI=1S/C20H26N2OS/c1-14(2)12-21-13-19(23)22-10-8-18-17(9-11-24-18)20(22)16-6-4-15(3)5-7-16/h4-7,9,11,14,20-21H,8,10,12-13H2,1-3H3. The highest BCUT2D eigenvalue weighted by molar-refractivity contribution is 7.10. The van der Waals surface area contributed by atoms with Crippen molar-refractivity contribution in [1.82, 2.24) is 10.2 Å². The van der Waals surface area contributed by atoms with Crippen molar-refractivity contribution in [3.05, 3.63) is 57.3 Å². The number of hydrogen-bond acceptors (Lipinski definition) is 3. The highest BCUT2D eigenvalue weighted by Crippen LogP contribution is 2.37. The number of carbonyl (C=O) groups is 1. The second-order valence-electron chi connectivity index (χ2n) is 6.97. The van der Waals surface area contributed by atoms with E-state index in [1.54, 1.807) is 0 Å². The van der Waals surface area contributed by atoms with E-state index in [1.807, 2.05) is 16.2 Å². The highest BCUT2D eigenvalue weighted by Gasteiger charge is 2.32. The van der Waals surface area contributed by atoms with Crippen LogP contribution in [0.5, 0.6) is 0 Å². The summed E-state index contributed by atoms with van der Waals surface area (Å²) in [6.07, 6.45) is 0.964. The summed E-state index contributed by atoms with van der Waals surface area (Å²) in [6, 6.07) is 10.8. The first kappa shape index (κ1) is 17.2. The molecule has 0 radical (unpaired) electrons. The molecule has 1 N–H and O–H groups in total. The van der Waals surface area contributed by atoms with Crippen LogP contribution < -0.4 is 5.32 Å². The molecule has 4 heteroatoms. The highest BCUT2D eigenvalue weighted by atomic mass is 32.1. The lowest BCUT2D eigenvalue weighted by molar-refractivity contribution is -0.132. The van der Waals surface area contributed by atoms with Gasteiger partial charge in [-0.25, -0.2) is 0 Å². The minimum Gasteiger partial charge on any atom is -0.330 e. The first-order chi connectivity index (χ1) is 11.6. The predicted molar refractivity (Wildman–Crippen MR) is 100 cm³/mol. The van der Waals surface area contributed by atoms with E-state index in [2.05, 4.69) is 61.8 Å². The summed E-state index contributed by atoms with van der Waals surface area (Å²) in [4.78, 5) is 16.3. The number of amides is 1. The Bertz CT molecular complexity index is 690. The van der Waals surface area contributed by atoms with E-state index in [0.29, 0.717) is 12.5 Å². The van der Waals surface area contributed by atoms with Crippen LogP contribution in [0, 0.1) is 12.8 Å². The molecule has 1 amide bonds. The molecular weight excluding hydrogens is 316 g/mol. The Balaban J connectivity index is 1.84. The van der Waals surface area contributed by atoms with Gasteiger partial charge in [0.1, 0.15) is 0 Å². The van der Waals surface area contributed by atoms with E-state index in [1.165, 1.54) is 21.6 Å². The van der Waals surface area contributed by atoms with Gasteiger partial charge in [0.05, 0.1) is 12.6 Å². The lowest BCUT2D eigenvalue weighted by atomic mass is 9.92. The van der Waals surface area contributed by atoms with Gasteiger partial charge in [-0.3, -0.25) is 4.79 Å². The van der Waals surface area contributed by atoms with Gasteiger partial charge in [-0.1, -0.05) is 43.7 Å². The normalized spacial score (nSPS) is 17.2. The van der Waals surface area contributed by atoms with Gasteiger partial charge in [-0.2, -0.15) is 0 Å². The Kier molecular flexibility index (Phi) is 5.36. The molecule has 1 aromatic carbocycles. The van der Waals surface area contributed by atoms with Crippen LogP contribution in [0.2, 0.25) is 0 Å². The van der Waals surface area contributed by atoms with Gasteiger partial charge in [-0.05, 0) is 48.4 Å². The summed E-state index contributed by atoms with van der Waals surface area (Å²) in [6.45, 7) is 8.50. The van der Waals surface area contributed by atoms with Crippen molar-refractivity contribution in [2.45, 2.75) is 33.2 Å². The van der Waals surface area contributed by atoms with Crippen LogP contribution in [0.15, 0.2) is 35.7 Å². The van der Waals surface area contributed by atoms with Gasteiger partial charge in [0.2, 0.25) is 5.91 Å². The zero-order valence-electron chi connectivity index (χ0n) is 14.7. The number of thiophene rings is 1. The number of hydrogen-bond donors (Lipinski definition) is 1. The average Bonchev–Trinajstić information content (AvgIpc) is 3.03. The fourth-order valence-electron chi connectivity index (χ4n) is 3.26. The summed E-state index contributed by atoms with van der Waals surface area (Å²) < 4.78 is 0. The van der Waals surface area contributed by atoms with E-state index in [4.69, 9.17) is 0 Å². The van der Waals surface area contributed by atoms with Gasteiger partial charge in [0, 0.05) is 11.4 Å². The molecule has 24 heavy (non-hydrogen) atoms. The average molecular weight is 343 g/mol. The quantitative estimate of drug-likeness (QED) is 0.897. The summed E-state index contributed by atoms with van der Waals surface area (Å²) in [5, 5.41) is 5.44. The zero-order chi connectivity index (χ0) is 17.1. The number of benzene rings is 1. The van der Waals surface area contributed by atoms with Crippen molar-refractivity contribution < 1.29 is 4.79 Å². The summed E-state index contributed by atoms with van der Waals surface area (Å²) >= 11 is 1.81. The lowest BCUT2D eigenvalue weighted by Gasteiger charge is -2.36. The molecule has 1 atom stereocenters. The van der Waals surface area contributed by atoms with Crippen LogP contribution in [0.4, 0.5) is 0 Å². The van der Waals surface area contributed by atoms with Crippen molar-refractivity contribution in [2.75, 3.05) is 19.6 Å². The minimum absolute atomic E-state index is 0.0500. The maximum absolute atomic E-state index is 12.8. The maximum Gasteiger partial charge on any atom is 0.237 e. The molecule has 0 fully saturated rings. The van der Waals surface area contributed by atoms with E-state index in [-0.39, 0.29) is 11.9 Å². The second kappa shape index (κ2) is 7.49. The molecule has 128 valence electrons. The zero-order valence-corrected chi connectivity index (χ0v) is 15.5. The van der Waals surface area contributed by atoms with Gasteiger partial charge >= 0.3 is 0 Å². The van der Waals surface area contributed by atoms with Crippen LogP contribution in [0.3, 0.4) is 0 Å². The molecule has 1 unspecified atom stereocenters. The van der Waals surface area contributed by atoms with Crippen molar-refractivity contribution in [3.8, 4) is 0 Å². The number of carbonyl (C=O) groups excluding carboxylic acids is 1. The Morgan fingerprint density at radius 1 is 1.29 bits per heavy atom. The minimum atomic E-state index is 0.0500. The number of fused-ring (bicyclic) bond motifs is 1. The molecule has 0 spiro atoms. The largest absolute Gasteiger partial charge is 0.330 e. The van der Waals surface area contributed by atoms with Gasteiger partial charge in [-0.15, -0.1) is 11.3 Å². The molecule has 1 aliphatic heterocycles. The molecule has 2 aromatic rings. The maximum atomic E-state index is 12.8. The van der Waals surface area contributed by atoms with Crippen LogP contribution in [0.25, 0.3) is 0 Å². The Morgan fingerprint density at radius 2 is 2.04 bits per heavy atom. The van der Waals surface area contributed by atoms with E-state index in [9.17, 15) is 4.79 Å². The van der Waals surface area contributed by atoms with Crippen LogP contribution in [-0.4, -0.2) is 30.4 Å². The third kappa shape index (κ3) is 3.70. The first-order valence-corrected chi connectivity index (χ1v) is 9.57. The van der Waals surface area contributed by atoms with E-state index in [0.717, 1.165) is 19.5 Å². The summed E-state index contributed by atoms with van der Waals surface area (Å²) in [5.41, 5.74) is 3.75. The van der Waals surface area contributed by atoms with Crippen LogP contribution in [-0.2, 0) is 11.2 Å². The Labute approximate surface area is 148 Å². The fourth-order valence-corrected chi connectivity index (χ4v) is 4.17. The van der Waals surface area contributed by atoms with Gasteiger partial charge < -0.3 is 10.2 Å². The molecule has 0 saturated carbocycles. The number of aryl methyl sites for hydroxylation is 1. The molecule has 1 aromatic heterocycles. The molecule has 0 aliphatic carbocycles. The monoisotopic (exact) mass is 342 g/mol. The molecular formula is C20H26N2OS. The third-order valence-corrected chi connectivity index (χ3v) is 5.50. The number of nitrogens with zero attached hydrogens (tertiary/aromatic N) is 1. The molecule has 0 bridgehead atoms. The Hall–Kier alpha value is -1.65. The lowest BCUT2D eigenvalue weighted by Crippen LogP contribution is -2.44. The van der Waals surface area contributed by atoms with Crippen molar-refractivity contribution in [2.24, 2.45) is 5.92 Å². The predicted octanol–water partition coefficient (Wildman–Crippen LogP) is 3.78. The van der Waals surface area contributed by atoms with Crippen molar-refractivity contribution in [3.63, 3.8) is 0 Å².